The number of benzene rings is 2. The van der Waals surface area contributed by atoms with Crippen molar-refractivity contribution in [3.05, 3.63) is 65.2 Å². The van der Waals surface area contributed by atoms with Crippen molar-refractivity contribution in [2.24, 2.45) is 0 Å². The molecule has 0 aromatic heterocycles. The van der Waals surface area contributed by atoms with Crippen molar-refractivity contribution >= 4 is 51.0 Å². The minimum Gasteiger partial charge on any atom is -0.451 e. The van der Waals surface area contributed by atoms with Crippen molar-refractivity contribution in [1.82, 2.24) is 0 Å². The van der Waals surface area contributed by atoms with Crippen LogP contribution < -0.4 is 4.72 Å². The van der Waals surface area contributed by atoms with E-state index in [1.165, 1.54) is 43.2 Å². The first-order valence-electron chi connectivity index (χ1n) is 9.39. The molecule has 1 fully saturated rings. The predicted octanol–water partition coefficient (Wildman–Crippen LogP) is 4.36. The van der Waals surface area contributed by atoms with Gasteiger partial charge in [-0.15, -0.1) is 23.5 Å². The van der Waals surface area contributed by atoms with Crippen molar-refractivity contribution in [3.63, 3.8) is 0 Å². The summed E-state index contributed by atoms with van der Waals surface area (Å²) in [4.78, 5) is 25.0. The molecule has 0 bridgehead atoms. The van der Waals surface area contributed by atoms with Crippen molar-refractivity contribution in [2.45, 2.75) is 24.0 Å². The number of hydrogen-bond donors (Lipinski definition) is 1. The molecule has 0 amide bonds. The maximum atomic E-state index is 12.5. The summed E-state index contributed by atoms with van der Waals surface area (Å²) in [6.07, 6.45) is 1.31. The van der Waals surface area contributed by atoms with Gasteiger partial charge in [0, 0.05) is 11.3 Å². The lowest BCUT2D eigenvalue weighted by atomic mass is 10.1. The molecule has 2 aromatic carbocycles. The number of esters is 1. The third-order valence-electron chi connectivity index (χ3n) is 4.37. The number of ketones is 1. The molecule has 160 valence electrons. The van der Waals surface area contributed by atoms with Crippen molar-refractivity contribution in [1.29, 1.82) is 0 Å². The minimum absolute atomic E-state index is 0.330. The monoisotopic (exact) mass is 465 g/mol. The van der Waals surface area contributed by atoms with Crippen molar-refractivity contribution in [3.8, 4) is 0 Å². The zero-order chi connectivity index (χ0) is 21.7. The Bertz CT molecular complexity index is 998. The van der Waals surface area contributed by atoms with Gasteiger partial charge in [0.1, 0.15) is 0 Å². The zero-order valence-electron chi connectivity index (χ0n) is 16.7. The molecule has 1 unspecified atom stereocenters. The molecule has 9 heteroatoms. The topological polar surface area (TPSA) is 89.5 Å². The highest BCUT2D eigenvalue weighted by Gasteiger charge is 2.21. The lowest BCUT2D eigenvalue weighted by Gasteiger charge is -2.21. The lowest BCUT2D eigenvalue weighted by Crippen LogP contribution is -2.24. The number of nitrogens with one attached hydrogen (secondary N) is 1. The molecule has 3 rings (SSSR count). The molecule has 2 aromatic rings. The van der Waals surface area contributed by atoms with E-state index in [4.69, 9.17) is 4.74 Å². The van der Waals surface area contributed by atoms with Crippen LogP contribution in [-0.4, -0.2) is 44.0 Å². The number of anilines is 1. The number of thioether (sulfide) groups is 2. The first kappa shape index (κ1) is 22.7. The Hall–Kier alpha value is -1.97. The molecular formula is C21H23NO5S3. The number of carbonyl (C=O) groups is 2. The maximum Gasteiger partial charge on any atom is 0.338 e. The highest BCUT2D eigenvalue weighted by atomic mass is 32.2. The molecule has 1 aliphatic rings. The number of Topliss-reactive ketones (excluding diaryl/α,β-unsaturated/α-hetero) is 1. The Morgan fingerprint density at radius 3 is 2.13 bits per heavy atom. The summed E-state index contributed by atoms with van der Waals surface area (Å²) in [6.45, 7) is 1.52. The van der Waals surface area contributed by atoms with Crippen LogP contribution in [0.15, 0.2) is 48.5 Å². The zero-order valence-corrected chi connectivity index (χ0v) is 19.1. The maximum absolute atomic E-state index is 12.5. The average Bonchev–Trinajstić information content (AvgIpc) is 2.73. The van der Waals surface area contributed by atoms with E-state index >= 15 is 0 Å². The molecule has 1 saturated heterocycles. The van der Waals surface area contributed by atoms with Crippen LogP contribution in [0.4, 0.5) is 5.69 Å². The predicted molar refractivity (Wildman–Crippen MR) is 123 cm³/mol. The Morgan fingerprint density at radius 1 is 1.00 bits per heavy atom. The highest BCUT2D eigenvalue weighted by Crippen LogP contribution is 2.43. The van der Waals surface area contributed by atoms with Gasteiger partial charge in [-0.2, -0.15) is 0 Å². The van der Waals surface area contributed by atoms with Crippen LogP contribution in [0, 0.1) is 0 Å². The van der Waals surface area contributed by atoms with Gasteiger partial charge in [0.2, 0.25) is 15.8 Å². The number of ether oxygens (including phenoxy) is 1. The largest absolute Gasteiger partial charge is 0.451 e. The van der Waals surface area contributed by atoms with E-state index in [1.54, 1.807) is 12.1 Å². The van der Waals surface area contributed by atoms with E-state index < -0.39 is 22.1 Å². The molecule has 0 aliphatic carbocycles. The van der Waals surface area contributed by atoms with Gasteiger partial charge in [0.15, 0.2) is 6.10 Å². The fraction of sp³-hybridized carbons (Fsp3) is 0.333. The minimum atomic E-state index is -3.39. The molecular weight excluding hydrogens is 442 g/mol. The smallest absolute Gasteiger partial charge is 0.338 e. The molecule has 0 radical (unpaired) electrons. The van der Waals surface area contributed by atoms with E-state index in [1.807, 2.05) is 35.7 Å². The van der Waals surface area contributed by atoms with E-state index in [-0.39, 0.29) is 5.78 Å². The second-order valence-electron chi connectivity index (χ2n) is 6.91. The first-order chi connectivity index (χ1) is 14.2. The first-order valence-corrected chi connectivity index (χ1v) is 13.4. The number of hydrogen-bond acceptors (Lipinski definition) is 7. The van der Waals surface area contributed by atoms with Gasteiger partial charge in [0.05, 0.1) is 16.4 Å². The third-order valence-corrected chi connectivity index (χ3v) is 7.99. The average molecular weight is 466 g/mol. The Kier molecular flexibility index (Phi) is 7.49. The second kappa shape index (κ2) is 9.89. The molecule has 0 spiro atoms. The Labute approximate surface area is 185 Å². The lowest BCUT2D eigenvalue weighted by molar-refractivity contribution is 0.0319. The van der Waals surface area contributed by atoms with E-state index in [9.17, 15) is 18.0 Å². The van der Waals surface area contributed by atoms with Crippen LogP contribution in [0.1, 0.15) is 44.2 Å². The van der Waals surface area contributed by atoms with Crippen LogP contribution in [-0.2, 0) is 14.8 Å². The van der Waals surface area contributed by atoms with Gasteiger partial charge in [-0.1, -0.05) is 12.1 Å². The number of carbonyl (C=O) groups excluding carboxylic acids is 2. The standard InChI is InChI=1S/C21H23NO5S3/c1-14(19(23)15-8-10-18(11-9-15)22-30(2,25)26)27-20(24)16-4-6-17(7-5-16)21-28-12-3-13-29-21/h4-11,14,21-22H,3,12-13H2,1-2H3. The van der Waals surface area contributed by atoms with E-state index in [0.29, 0.717) is 21.4 Å². The van der Waals surface area contributed by atoms with Gasteiger partial charge in [0.25, 0.3) is 0 Å². The molecule has 0 saturated carbocycles. The van der Waals surface area contributed by atoms with Gasteiger partial charge < -0.3 is 4.74 Å². The van der Waals surface area contributed by atoms with Crippen LogP contribution in [0.3, 0.4) is 0 Å². The molecule has 1 atom stereocenters. The van der Waals surface area contributed by atoms with Crippen LogP contribution >= 0.6 is 23.5 Å². The van der Waals surface area contributed by atoms with Gasteiger partial charge >= 0.3 is 5.97 Å². The molecule has 1 heterocycles. The fourth-order valence-electron chi connectivity index (χ4n) is 2.89. The van der Waals surface area contributed by atoms with E-state index in [0.717, 1.165) is 17.8 Å². The number of rotatable bonds is 7. The van der Waals surface area contributed by atoms with Crippen LogP contribution in [0.2, 0.25) is 0 Å². The van der Waals surface area contributed by atoms with E-state index in [2.05, 4.69) is 4.72 Å². The molecule has 1 N–H and O–H groups in total. The Morgan fingerprint density at radius 2 is 1.57 bits per heavy atom. The summed E-state index contributed by atoms with van der Waals surface area (Å²) in [5.41, 5.74) is 2.26. The van der Waals surface area contributed by atoms with Crippen molar-refractivity contribution in [2.75, 3.05) is 22.5 Å². The van der Waals surface area contributed by atoms with Gasteiger partial charge in [-0.05, 0) is 66.8 Å². The number of sulfonamides is 1. The normalized spacial score (nSPS) is 15.9. The summed E-state index contributed by atoms with van der Waals surface area (Å²) in [7, 11) is -3.39. The summed E-state index contributed by atoms with van der Waals surface area (Å²) >= 11 is 3.82. The van der Waals surface area contributed by atoms with Crippen LogP contribution in [0.5, 0.6) is 0 Å². The Balaban J connectivity index is 1.59. The second-order valence-corrected chi connectivity index (χ2v) is 11.4. The highest BCUT2D eigenvalue weighted by molar-refractivity contribution is 8.16. The summed E-state index contributed by atoms with van der Waals surface area (Å²) in [6, 6.07) is 13.3. The summed E-state index contributed by atoms with van der Waals surface area (Å²) in [5, 5.41) is 0. The fourth-order valence-corrected chi connectivity index (χ4v) is 6.35. The summed E-state index contributed by atoms with van der Waals surface area (Å²) in [5.74, 6) is 1.38. The van der Waals surface area contributed by atoms with Gasteiger partial charge in [-0.3, -0.25) is 9.52 Å². The van der Waals surface area contributed by atoms with Crippen LogP contribution in [0.25, 0.3) is 0 Å². The SMILES string of the molecule is CC(OC(=O)c1ccc(C2SCCCS2)cc1)C(=O)c1ccc(NS(C)(=O)=O)cc1. The quantitative estimate of drug-likeness (QED) is 0.480. The molecule has 30 heavy (non-hydrogen) atoms. The van der Waals surface area contributed by atoms with Gasteiger partial charge in [-0.25, -0.2) is 13.2 Å². The van der Waals surface area contributed by atoms with Crippen molar-refractivity contribution < 1.29 is 22.7 Å². The molecule has 6 nitrogen and oxygen atoms in total. The third kappa shape index (κ3) is 6.26. The summed E-state index contributed by atoms with van der Waals surface area (Å²) < 4.78 is 30.6. The molecule has 1 aliphatic heterocycles.